The van der Waals surface area contributed by atoms with E-state index in [1.807, 2.05) is 67.4 Å². The molecule has 1 amide bonds. The van der Waals surface area contributed by atoms with E-state index in [0.29, 0.717) is 23.5 Å². The van der Waals surface area contributed by atoms with Gasteiger partial charge < -0.3 is 4.90 Å². The Kier molecular flexibility index (Phi) is 4.44. The molecule has 2 aromatic heterocycles. The van der Waals surface area contributed by atoms with Gasteiger partial charge in [-0.1, -0.05) is 36.4 Å². The Balaban J connectivity index is 1.18. The number of hydrogen-bond acceptors (Lipinski definition) is 4. The molecule has 0 radical (unpaired) electrons. The van der Waals surface area contributed by atoms with Gasteiger partial charge in [-0.15, -0.1) is 0 Å². The van der Waals surface area contributed by atoms with E-state index in [2.05, 4.69) is 15.3 Å². The largest absolute Gasteiger partial charge is 0.334 e. The molecule has 4 aromatic rings. The van der Waals surface area contributed by atoms with Crippen LogP contribution in [-0.2, 0) is 7.05 Å². The van der Waals surface area contributed by atoms with Gasteiger partial charge in [0, 0.05) is 36.3 Å². The average molecular weight is 442 g/mol. The van der Waals surface area contributed by atoms with Gasteiger partial charge in [0.15, 0.2) is 5.69 Å². The Hall–Kier alpha value is -3.48. The minimum absolute atomic E-state index is 0.0262. The van der Waals surface area contributed by atoms with Crippen molar-refractivity contribution in [1.29, 1.82) is 0 Å². The molecule has 2 saturated carbocycles. The van der Waals surface area contributed by atoms with Crippen LogP contribution in [0.1, 0.15) is 54.7 Å². The zero-order valence-corrected chi connectivity index (χ0v) is 18.9. The van der Waals surface area contributed by atoms with Crippen molar-refractivity contribution in [2.24, 2.45) is 12.5 Å². The van der Waals surface area contributed by atoms with Crippen LogP contribution in [0.5, 0.6) is 0 Å². The van der Waals surface area contributed by atoms with Gasteiger partial charge in [-0.25, -0.2) is 5.10 Å². The van der Waals surface area contributed by atoms with E-state index >= 15 is 0 Å². The van der Waals surface area contributed by atoms with E-state index in [0.717, 1.165) is 47.7 Å². The standard InChI is InChI=1S/C26H27N5O2/c1-3-31(25(33)23-20-10-6-7-11-21(20)30(2)29-23)17-14-26(15-17)12-16(13-26)22-18-8-4-5-9-19(18)24(32)28-27-22/h4-11,16-17H,3,12-15H2,1-2H3,(H,28,32). The summed E-state index contributed by atoms with van der Waals surface area (Å²) >= 11 is 0. The quantitative estimate of drug-likeness (QED) is 0.519. The number of fused-ring (bicyclic) bond motifs is 2. The lowest BCUT2D eigenvalue weighted by molar-refractivity contribution is -0.0579. The Morgan fingerprint density at radius 3 is 2.45 bits per heavy atom. The molecule has 1 spiro atoms. The second-order valence-corrected chi connectivity index (χ2v) is 9.73. The summed E-state index contributed by atoms with van der Waals surface area (Å²) < 4.78 is 1.79. The van der Waals surface area contributed by atoms with Gasteiger partial charge in [-0.05, 0) is 50.2 Å². The van der Waals surface area contributed by atoms with E-state index in [9.17, 15) is 9.59 Å². The molecule has 168 valence electrons. The number of nitrogens with one attached hydrogen (secondary N) is 1. The number of aromatic nitrogens is 4. The monoisotopic (exact) mass is 441 g/mol. The number of nitrogens with zero attached hydrogens (tertiary/aromatic N) is 4. The molecule has 6 rings (SSSR count). The lowest BCUT2D eigenvalue weighted by atomic mass is 9.49. The molecular formula is C26H27N5O2. The summed E-state index contributed by atoms with van der Waals surface area (Å²) in [5, 5.41) is 14.2. The molecule has 7 nitrogen and oxygen atoms in total. The van der Waals surface area contributed by atoms with E-state index < -0.39 is 0 Å². The Morgan fingerprint density at radius 1 is 1.06 bits per heavy atom. The molecule has 2 heterocycles. The highest BCUT2D eigenvalue weighted by atomic mass is 16.2. The lowest BCUT2D eigenvalue weighted by Crippen LogP contribution is -2.57. The fraction of sp³-hybridized carbons (Fsp3) is 0.385. The number of rotatable bonds is 4. The summed E-state index contributed by atoms with van der Waals surface area (Å²) in [4.78, 5) is 27.5. The number of para-hydroxylation sites is 1. The van der Waals surface area contributed by atoms with Crippen molar-refractivity contribution in [1.82, 2.24) is 24.9 Å². The van der Waals surface area contributed by atoms with Crippen LogP contribution >= 0.6 is 0 Å². The van der Waals surface area contributed by atoms with Crippen LogP contribution < -0.4 is 5.56 Å². The fourth-order valence-electron chi connectivity index (χ4n) is 6.20. The summed E-state index contributed by atoms with van der Waals surface area (Å²) in [5.41, 5.74) is 2.68. The van der Waals surface area contributed by atoms with Crippen molar-refractivity contribution < 1.29 is 4.79 Å². The van der Waals surface area contributed by atoms with Crippen LogP contribution in [0.4, 0.5) is 0 Å². The summed E-state index contributed by atoms with van der Waals surface area (Å²) in [7, 11) is 1.89. The Morgan fingerprint density at radius 2 is 1.73 bits per heavy atom. The van der Waals surface area contributed by atoms with Gasteiger partial charge in [0.2, 0.25) is 0 Å². The third-order valence-corrected chi connectivity index (χ3v) is 7.81. The van der Waals surface area contributed by atoms with E-state index in [-0.39, 0.29) is 22.9 Å². The molecule has 0 aliphatic heterocycles. The number of amides is 1. The highest BCUT2D eigenvalue weighted by Gasteiger charge is 2.55. The summed E-state index contributed by atoms with van der Waals surface area (Å²) in [5.74, 6) is 0.386. The molecule has 7 heteroatoms. The maximum absolute atomic E-state index is 13.4. The topological polar surface area (TPSA) is 83.9 Å². The van der Waals surface area contributed by atoms with Crippen molar-refractivity contribution in [3.8, 4) is 0 Å². The number of aromatic amines is 1. The highest BCUT2D eigenvalue weighted by molar-refractivity contribution is 6.05. The van der Waals surface area contributed by atoms with Gasteiger partial charge in [0.05, 0.1) is 16.6 Å². The van der Waals surface area contributed by atoms with Crippen molar-refractivity contribution in [2.75, 3.05) is 6.54 Å². The van der Waals surface area contributed by atoms with Gasteiger partial charge in [0.1, 0.15) is 0 Å². The SMILES string of the molecule is CCN(C(=O)c1nn(C)c2ccccc12)C1CC2(CC(c3n[nH]c(=O)c4ccccc34)C2)C1. The van der Waals surface area contributed by atoms with Crippen molar-refractivity contribution in [3.63, 3.8) is 0 Å². The smallest absolute Gasteiger partial charge is 0.275 e. The Bertz CT molecular complexity index is 1440. The third kappa shape index (κ3) is 3.02. The van der Waals surface area contributed by atoms with Crippen LogP contribution in [0.25, 0.3) is 21.7 Å². The van der Waals surface area contributed by atoms with E-state index in [1.54, 1.807) is 4.68 Å². The highest BCUT2D eigenvalue weighted by Crippen LogP contribution is 2.63. The molecule has 0 saturated heterocycles. The van der Waals surface area contributed by atoms with E-state index in [1.165, 1.54) is 0 Å². The first-order valence-corrected chi connectivity index (χ1v) is 11.7. The van der Waals surface area contributed by atoms with Crippen molar-refractivity contribution in [3.05, 3.63) is 70.3 Å². The van der Waals surface area contributed by atoms with Crippen LogP contribution in [0.2, 0.25) is 0 Å². The normalized spacial score (nSPS) is 24.1. The minimum atomic E-state index is -0.133. The fourth-order valence-corrected chi connectivity index (χ4v) is 6.20. The molecule has 1 N–H and O–H groups in total. The Labute approximate surface area is 191 Å². The first-order valence-electron chi connectivity index (χ1n) is 11.7. The van der Waals surface area contributed by atoms with Crippen LogP contribution in [0.3, 0.4) is 0 Å². The molecule has 0 unspecified atom stereocenters. The van der Waals surface area contributed by atoms with E-state index in [4.69, 9.17) is 0 Å². The number of benzene rings is 2. The number of aryl methyl sites for hydroxylation is 1. The lowest BCUT2D eigenvalue weighted by Gasteiger charge is -2.59. The van der Waals surface area contributed by atoms with Crippen molar-refractivity contribution >= 4 is 27.6 Å². The predicted molar refractivity (Wildman–Crippen MR) is 127 cm³/mol. The number of H-pyrrole nitrogens is 1. The molecule has 2 aliphatic rings. The molecule has 33 heavy (non-hydrogen) atoms. The van der Waals surface area contributed by atoms with Crippen LogP contribution in [0, 0.1) is 5.41 Å². The first kappa shape index (κ1) is 20.1. The van der Waals surface area contributed by atoms with Gasteiger partial charge in [-0.2, -0.15) is 10.2 Å². The second-order valence-electron chi connectivity index (χ2n) is 9.73. The predicted octanol–water partition coefficient (Wildman–Crippen LogP) is 4.00. The third-order valence-electron chi connectivity index (χ3n) is 7.81. The first-order chi connectivity index (χ1) is 16.0. The molecule has 0 atom stereocenters. The summed E-state index contributed by atoms with van der Waals surface area (Å²) in [6.07, 6.45) is 4.17. The zero-order valence-electron chi connectivity index (χ0n) is 18.9. The summed E-state index contributed by atoms with van der Waals surface area (Å²) in [6, 6.07) is 15.9. The number of hydrogen-bond donors (Lipinski definition) is 1. The number of carbonyl (C=O) groups excluding carboxylic acids is 1. The second kappa shape index (κ2) is 7.27. The maximum Gasteiger partial charge on any atom is 0.275 e. The van der Waals surface area contributed by atoms with Crippen molar-refractivity contribution in [2.45, 2.75) is 44.6 Å². The zero-order chi connectivity index (χ0) is 22.7. The molecule has 2 fully saturated rings. The van der Waals surface area contributed by atoms with Crippen LogP contribution in [-0.4, -0.2) is 43.4 Å². The van der Waals surface area contributed by atoms with Crippen LogP contribution in [0.15, 0.2) is 53.3 Å². The molecule has 0 bridgehead atoms. The summed E-state index contributed by atoms with van der Waals surface area (Å²) in [6.45, 7) is 2.73. The maximum atomic E-state index is 13.4. The molecular weight excluding hydrogens is 414 g/mol. The van der Waals surface area contributed by atoms with Gasteiger partial charge in [0.25, 0.3) is 11.5 Å². The van der Waals surface area contributed by atoms with Gasteiger partial charge in [-0.3, -0.25) is 14.3 Å². The average Bonchev–Trinajstić information content (AvgIpc) is 3.12. The number of carbonyl (C=O) groups is 1. The van der Waals surface area contributed by atoms with Gasteiger partial charge >= 0.3 is 0 Å². The molecule has 2 aromatic carbocycles. The minimum Gasteiger partial charge on any atom is -0.334 e. The molecule has 2 aliphatic carbocycles.